The van der Waals surface area contributed by atoms with Gasteiger partial charge in [-0.15, -0.1) is 0 Å². The molecule has 31 heavy (non-hydrogen) atoms. The first kappa shape index (κ1) is 20.5. The smallest absolute Gasteiger partial charge is 0.335 e. The van der Waals surface area contributed by atoms with Crippen molar-refractivity contribution in [3.05, 3.63) is 82.3 Å². The highest BCUT2D eigenvalue weighted by atomic mass is 16.5. The number of benzene rings is 2. The predicted octanol–water partition coefficient (Wildman–Crippen LogP) is 4.21. The average molecular weight is 420 g/mol. The SMILES string of the molecule is COc1ccc(N(Cc2ccc[nH]c2=O)c2cccc(C(=O)O)c2)cc1OCC1CC1. The maximum atomic E-state index is 12.3. The number of methoxy groups -OCH3 is 1. The molecule has 7 heteroatoms. The molecule has 1 fully saturated rings. The highest BCUT2D eigenvalue weighted by Crippen LogP contribution is 2.37. The van der Waals surface area contributed by atoms with Crippen molar-refractivity contribution in [3.63, 3.8) is 0 Å². The molecule has 0 spiro atoms. The number of nitrogens with one attached hydrogen (secondary N) is 1. The number of nitrogens with zero attached hydrogens (tertiary/aromatic N) is 1. The summed E-state index contributed by atoms with van der Waals surface area (Å²) in [6, 6.07) is 15.7. The van der Waals surface area contributed by atoms with Crippen LogP contribution in [0.2, 0.25) is 0 Å². The Labute approximate surface area is 179 Å². The quantitative estimate of drug-likeness (QED) is 0.539. The molecule has 4 rings (SSSR count). The molecule has 2 N–H and O–H groups in total. The minimum Gasteiger partial charge on any atom is -0.493 e. The van der Waals surface area contributed by atoms with Crippen molar-refractivity contribution in [1.82, 2.24) is 4.98 Å². The Morgan fingerprint density at radius 3 is 2.61 bits per heavy atom. The number of aromatic nitrogens is 1. The molecule has 1 aliphatic rings. The Hall–Kier alpha value is -3.74. The van der Waals surface area contributed by atoms with Gasteiger partial charge in [-0.2, -0.15) is 0 Å². The van der Waals surface area contributed by atoms with Crippen LogP contribution in [0.4, 0.5) is 11.4 Å². The minimum absolute atomic E-state index is 0.170. The van der Waals surface area contributed by atoms with E-state index in [9.17, 15) is 14.7 Å². The number of H-pyrrole nitrogens is 1. The van der Waals surface area contributed by atoms with Crippen LogP contribution in [0, 0.1) is 5.92 Å². The first-order valence-corrected chi connectivity index (χ1v) is 10.1. The summed E-state index contributed by atoms with van der Waals surface area (Å²) in [5.41, 5.74) is 1.95. The zero-order valence-electron chi connectivity index (χ0n) is 17.2. The van der Waals surface area contributed by atoms with Gasteiger partial charge in [0.25, 0.3) is 5.56 Å². The molecular weight excluding hydrogens is 396 g/mol. The van der Waals surface area contributed by atoms with Crippen LogP contribution in [0.15, 0.2) is 65.6 Å². The van der Waals surface area contributed by atoms with E-state index in [1.165, 1.54) is 18.9 Å². The lowest BCUT2D eigenvalue weighted by atomic mass is 10.1. The number of aromatic amines is 1. The second-order valence-corrected chi connectivity index (χ2v) is 7.56. The first-order chi connectivity index (χ1) is 15.0. The summed E-state index contributed by atoms with van der Waals surface area (Å²) in [6.07, 6.45) is 3.93. The van der Waals surface area contributed by atoms with E-state index in [0.717, 1.165) is 5.69 Å². The van der Waals surface area contributed by atoms with Gasteiger partial charge in [0, 0.05) is 29.2 Å². The molecule has 0 radical (unpaired) electrons. The van der Waals surface area contributed by atoms with E-state index < -0.39 is 5.97 Å². The molecule has 1 aromatic heterocycles. The monoisotopic (exact) mass is 420 g/mol. The number of carboxylic acids is 1. The predicted molar refractivity (Wildman–Crippen MR) is 118 cm³/mol. The summed E-state index contributed by atoms with van der Waals surface area (Å²) in [4.78, 5) is 28.4. The van der Waals surface area contributed by atoms with E-state index >= 15 is 0 Å². The van der Waals surface area contributed by atoms with Crippen LogP contribution in [0.3, 0.4) is 0 Å². The average Bonchev–Trinajstić information content (AvgIpc) is 3.61. The lowest BCUT2D eigenvalue weighted by Crippen LogP contribution is -2.23. The molecule has 1 heterocycles. The number of carboxylic acid groups (broad SMARTS) is 1. The van der Waals surface area contributed by atoms with Crippen LogP contribution in [0.25, 0.3) is 0 Å². The normalized spacial score (nSPS) is 12.9. The molecule has 0 unspecified atom stereocenters. The topological polar surface area (TPSA) is 91.9 Å². The minimum atomic E-state index is -1.01. The highest BCUT2D eigenvalue weighted by Gasteiger charge is 2.23. The fourth-order valence-corrected chi connectivity index (χ4v) is 3.33. The summed E-state index contributed by atoms with van der Waals surface area (Å²) in [6.45, 7) is 0.889. The molecule has 0 atom stereocenters. The van der Waals surface area contributed by atoms with Gasteiger partial charge in [0.2, 0.25) is 0 Å². The van der Waals surface area contributed by atoms with E-state index in [2.05, 4.69) is 4.98 Å². The van der Waals surface area contributed by atoms with Crippen molar-refractivity contribution in [1.29, 1.82) is 0 Å². The molecule has 7 nitrogen and oxygen atoms in total. The fourth-order valence-electron chi connectivity index (χ4n) is 3.33. The number of carbonyl (C=O) groups is 1. The third-order valence-corrected chi connectivity index (χ3v) is 5.26. The summed E-state index contributed by atoms with van der Waals surface area (Å²) in [5.74, 6) is 0.816. The van der Waals surface area contributed by atoms with Crippen LogP contribution >= 0.6 is 0 Å². The number of aromatic carboxylic acids is 1. The molecule has 160 valence electrons. The van der Waals surface area contributed by atoms with Crippen molar-refractivity contribution in [2.45, 2.75) is 19.4 Å². The van der Waals surface area contributed by atoms with Crippen LogP contribution in [0.1, 0.15) is 28.8 Å². The molecule has 1 saturated carbocycles. The maximum absolute atomic E-state index is 12.3. The third kappa shape index (κ3) is 4.88. The number of hydrogen-bond donors (Lipinski definition) is 2. The summed E-state index contributed by atoms with van der Waals surface area (Å²) < 4.78 is 11.5. The summed E-state index contributed by atoms with van der Waals surface area (Å²) >= 11 is 0. The Morgan fingerprint density at radius 2 is 1.90 bits per heavy atom. The van der Waals surface area contributed by atoms with Crippen molar-refractivity contribution >= 4 is 17.3 Å². The Balaban J connectivity index is 1.75. The fraction of sp³-hybridized carbons (Fsp3) is 0.250. The van der Waals surface area contributed by atoms with Crippen LogP contribution < -0.4 is 19.9 Å². The van der Waals surface area contributed by atoms with E-state index in [-0.39, 0.29) is 17.7 Å². The summed E-state index contributed by atoms with van der Waals surface area (Å²) in [5, 5.41) is 9.43. The van der Waals surface area contributed by atoms with Gasteiger partial charge < -0.3 is 24.5 Å². The lowest BCUT2D eigenvalue weighted by molar-refractivity contribution is 0.0697. The van der Waals surface area contributed by atoms with Gasteiger partial charge in [0.15, 0.2) is 11.5 Å². The van der Waals surface area contributed by atoms with Crippen molar-refractivity contribution in [3.8, 4) is 11.5 Å². The molecular formula is C24H24N2O5. The standard InChI is InChI=1S/C24H24N2O5/c1-30-21-10-9-20(13-22(21)31-15-16-7-8-16)26(14-18-5-3-11-25-23(18)27)19-6-2-4-17(12-19)24(28)29/h2-6,9-13,16H,7-8,14-15H2,1H3,(H,25,27)(H,28,29). The van der Waals surface area contributed by atoms with Crippen molar-refractivity contribution in [2.24, 2.45) is 5.92 Å². The second-order valence-electron chi connectivity index (χ2n) is 7.56. The number of anilines is 2. The van der Waals surface area contributed by atoms with Gasteiger partial charge in [-0.3, -0.25) is 4.79 Å². The number of hydrogen-bond acceptors (Lipinski definition) is 5. The largest absolute Gasteiger partial charge is 0.493 e. The Kier molecular flexibility index (Phi) is 5.93. The van der Waals surface area contributed by atoms with E-state index in [0.29, 0.717) is 35.3 Å². The molecule has 0 saturated heterocycles. The Morgan fingerprint density at radius 1 is 1.10 bits per heavy atom. The second kappa shape index (κ2) is 8.95. The van der Waals surface area contributed by atoms with Gasteiger partial charge >= 0.3 is 5.97 Å². The molecule has 3 aromatic rings. The number of pyridine rings is 1. The highest BCUT2D eigenvalue weighted by molar-refractivity contribution is 5.89. The van der Waals surface area contributed by atoms with Gasteiger partial charge in [0.05, 0.1) is 25.8 Å². The van der Waals surface area contributed by atoms with E-state index in [4.69, 9.17) is 9.47 Å². The van der Waals surface area contributed by atoms with Gasteiger partial charge in [-0.25, -0.2) is 4.79 Å². The van der Waals surface area contributed by atoms with Crippen LogP contribution in [-0.2, 0) is 6.54 Å². The first-order valence-electron chi connectivity index (χ1n) is 10.1. The van der Waals surface area contributed by atoms with E-state index in [1.807, 2.05) is 29.2 Å². The Bertz CT molecular complexity index is 1140. The molecule has 0 amide bonds. The number of rotatable bonds is 9. The summed E-state index contributed by atoms with van der Waals surface area (Å²) in [7, 11) is 1.59. The number of ether oxygens (including phenoxy) is 2. The van der Waals surface area contributed by atoms with E-state index in [1.54, 1.807) is 37.6 Å². The molecule has 0 bridgehead atoms. The third-order valence-electron chi connectivity index (χ3n) is 5.26. The van der Waals surface area contributed by atoms with Gasteiger partial charge in [0.1, 0.15) is 0 Å². The van der Waals surface area contributed by atoms with Crippen molar-refractivity contribution < 1.29 is 19.4 Å². The molecule has 2 aromatic carbocycles. The van der Waals surface area contributed by atoms with Crippen LogP contribution in [0.5, 0.6) is 11.5 Å². The zero-order valence-corrected chi connectivity index (χ0v) is 17.2. The molecule has 0 aliphatic heterocycles. The molecule has 1 aliphatic carbocycles. The van der Waals surface area contributed by atoms with Crippen LogP contribution in [-0.4, -0.2) is 29.8 Å². The van der Waals surface area contributed by atoms with Gasteiger partial charge in [-0.05, 0) is 55.2 Å². The zero-order chi connectivity index (χ0) is 21.8. The van der Waals surface area contributed by atoms with Gasteiger partial charge in [-0.1, -0.05) is 12.1 Å². The lowest BCUT2D eigenvalue weighted by Gasteiger charge is -2.26. The van der Waals surface area contributed by atoms with Crippen molar-refractivity contribution in [2.75, 3.05) is 18.6 Å². The maximum Gasteiger partial charge on any atom is 0.335 e.